The Hall–Kier alpha value is -2.69. The van der Waals surface area contributed by atoms with Crippen molar-refractivity contribution in [2.24, 2.45) is 0 Å². The summed E-state index contributed by atoms with van der Waals surface area (Å²) in [6.07, 6.45) is 1.81. The molecule has 7 heteroatoms. The Morgan fingerprint density at radius 1 is 1.11 bits per heavy atom. The Balaban J connectivity index is 1.75. The number of pyridine rings is 1. The van der Waals surface area contributed by atoms with E-state index in [1.807, 2.05) is 70.3 Å². The van der Waals surface area contributed by atoms with Gasteiger partial charge < -0.3 is 14.2 Å². The molecule has 0 radical (unpaired) electrons. The van der Waals surface area contributed by atoms with E-state index in [1.54, 1.807) is 4.68 Å². The lowest BCUT2D eigenvalue weighted by molar-refractivity contribution is 0.00578. The maximum absolute atomic E-state index is 7.04. The molecule has 0 atom stereocenters. The van der Waals surface area contributed by atoms with Crippen molar-refractivity contribution in [3.8, 4) is 5.82 Å². The first-order valence-corrected chi connectivity index (χ1v) is 8.94. The molecule has 1 saturated heterocycles. The Kier molecular flexibility index (Phi) is 4.06. The van der Waals surface area contributed by atoms with E-state index < -0.39 is 7.12 Å². The molecule has 6 nitrogen and oxygen atoms in total. The van der Waals surface area contributed by atoms with Crippen LogP contribution >= 0.6 is 0 Å². The van der Waals surface area contributed by atoms with Gasteiger partial charge in [0.2, 0.25) is 0 Å². The van der Waals surface area contributed by atoms with Crippen LogP contribution in [-0.2, 0) is 15.9 Å². The number of rotatable bonds is 3. The molecule has 2 aromatic heterocycles. The van der Waals surface area contributed by atoms with Gasteiger partial charge in [0.25, 0.3) is 6.54 Å². The molecule has 1 aromatic carbocycles. The zero-order chi connectivity index (χ0) is 19.2. The predicted molar refractivity (Wildman–Crippen MR) is 105 cm³/mol. The smallest absolute Gasteiger partial charge is 0.399 e. The Morgan fingerprint density at radius 3 is 2.56 bits per heavy atom. The molecule has 0 aliphatic carbocycles. The van der Waals surface area contributed by atoms with Gasteiger partial charge in [0, 0.05) is 5.39 Å². The SMILES string of the molecule is [C-]#[N+]Cc1cccc(-n2ncc3ccc(B4OC(C)(C)C(C)(C)O4)cc32)n1. The van der Waals surface area contributed by atoms with Crippen LogP contribution in [0.4, 0.5) is 0 Å². The van der Waals surface area contributed by atoms with Crippen LogP contribution in [0.5, 0.6) is 0 Å². The fourth-order valence-corrected chi connectivity index (χ4v) is 3.10. The largest absolute Gasteiger partial charge is 0.494 e. The quantitative estimate of drug-likeness (QED) is 0.532. The van der Waals surface area contributed by atoms with Gasteiger partial charge in [-0.1, -0.05) is 18.2 Å². The predicted octanol–water partition coefficient (Wildman–Crippen LogP) is 3.14. The standard InChI is InChI=1S/C20H21BN4O2/c1-19(2)20(3,4)27-21(26-19)15-10-9-14-12-23-25(17(14)11-15)18-8-6-7-16(24-18)13-22-5/h6-12H,13H2,1-4H3. The summed E-state index contributed by atoms with van der Waals surface area (Å²) in [6.45, 7) is 15.5. The van der Waals surface area contributed by atoms with Gasteiger partial charge in [-0.3, -0.25) is 0 Å². The summed E-state index contributed by atoms with van der Waals surface area (Å²) in [5.74, 6) is 0.692. The van der Waals surface area contributed by atoms with E-state index in [4.69, 9.17) is 15.9 Å². The third-order valence-electron chi connectivity index (χ3n) is 5.37. The molecule has 0 saturated carbocycles. The monoisotopic (exact) mass is 360 g/mol. The van der Waals surface area contributed by atoms with Gasteiger partial charge >= 0.3 is 7.12 Å². The summed E-state index contributed by atoms with van der Waals surface area (Å²) >= 11 is 0. The van der Waals surface area contributed by atoms with Gasteiger partial charge in [0.15, 0.2) is 5.82 Å². The summed E-state index contributed by atoms with van der Waals surface area (Å²) in [4.78, 5) is 7.96. The van der Waals surface area contributed by atoms with Crippen LogP contribution in [0.2, 0.25) is 0 Å². The molecule has 4 rings (SSSR count). The van der Waals surface area contributed by atoms with E-state index in [9.17, 15) is 0 Å². The fraction of sp³-hybridized carbons (Fsp3) is 0.350. The highest BCUT2D eigenvalue weighted by Gasteiger charge is 2.51. The third-order valence-corrected chi connectivity index (χ3v) is 5.37. The second-order valence-electron chi connectivity index (χ2n) is 7.77. The average molecular weight is 360 g/mol. The Labute approximate surface area is 159 Å². The van der Waals surface area contributed by atoms with Crippen molar-refractivity contribution in [1.29, 1.82) is 0 Å². The molecule has 1 aliphatic heterocycles. The highest BCUT2D eigenvalue weighted by Crippen LogP contribution is 2.36. The van der Waals surface area contributed by atoms with Crippen molar-refractivity contribution in [2.45, 2.75) is 45.4 Å². The van der Waals surface area contributed by atoms with Gasteiger partial charge in [-0.15, -0.1) is 0 Å². The minimum atomic E-state index is -0.427. The van der Waals surface area contributed by atoms with Crippen LogP contribution in [-0.4, -0.2) is 33.1 Å². The van der Waals surface area contributed by atoms with Crippen molar-refractivity contribution in [3.05, 3.63) is 59.7 Å². The summed E-state index contributed by atoms with van der Waals surface area (Å²) in [7, 11) is -0.427. The van der Waals surface area contributed by atoms with Crippen molar-refractivity contribution < 1.29 is 9.31 Å². The molecule has 3 aromatic rings. The van der Waals surface area contributed by atoms with E-state index in [-0.39, 0.29) is 17.7 Å². The molecule has 0 spiro atoms. The van der Waals surface area contributed by atoms with Crippen molar-refractivity contribution >= 4 is 23.5 Å². The highest BCUT2D eigenvalue weighted by atomic mass is 16.7. The van der Waals surface area contributed by atoms with E-state index >= 15 is 0 Å². The second kappa shape index (κ2) is 6.19. The van der Waals surface area contributed by atoms with E-state index in [1.165, 1.54) is 0 Å². The topological polar surface area (TPSA) is 53.5 Å². The van der Waals surface area contributed by atoms with Gasteiger partial charge in [-0.25, -0.2) is 16.2 Å². The molecule has 27 heavy (non-hydrogen) atoms. The van der Waals surface area contributed by atoms with Crippen molar-refractivity contribution in [1.82, 2.24) is 14.8 Å². The lowest BCUT2D eigenvalue weighted by atomic mass is 9.79. The van der Waals surface area contributed by atoms with E-state index in [2.05, 4.69) is 14.9 Å². The van der Waals surface area contributed by atoms with Gasteiger partial charge in [-0.05, 0) is 51.4 Å². The zero-order valence-electron chi connectivity index (χ0n) is 15.9. The maximum Gasteiger partial charge on any atom is 0.494 e. The van der Waals surface area contributed by atoms with Crippen molar-refractivity contribution in [2.75, 3.05) is 0 Å². The summed E-state index contributed by atoms with van der Waals surface area (Å²) in [5.41, 5.74) is 1.83. The minimum Gasteiger partial charge on any atom is -0.399 e. The lowest BCUT2D eigenvalue weighted by Crippen LogP contribution is -2.41. The molecule has 0 N–H and O–H groups in total. The molecule has 0 bridgehead atoms. The zero-order valence-corrected chi connectivity index (χ0v) is 15.9. The number of fused-ring (bicyclic) bond motifs is 1. The molecular weight excluding hydrogens is 339 g/mol. The molecule has 0 amide bonds. The molecule has 0 unspecified atom stereocenters. The Morgan fingerprint density at radius 2 is 1.85 bits per heavy atom. The van der Waals surface area contributed by atoms with Crippen molar-refractivity contribution in [3.63, 3.8) is 0 Å². The normalized spacial score (nSPS) is 18.0. The van der Waals surface area contributed by atoms with Crippen LogP contribution in [0.15, 0.2) is 42.6 Å². The molecule has 136 valence electrons. The number of aromatic nitrogens is 3. The van der Waals surface area contributed by atoms with Gasteiger partial charge in [-0.2, -0.15) is 5.10 Å². The molecular formula is C20H21BN4O2. The number of benzene rings is 1. The lowest BCUT2D eigenvalue weighted by Gasteiger charge is -2.32. The molecule has 1 aliphatic rings. The summed E-state index contributed by atoms with van der Waals surface area (Å²) < 4.78 is 14.1. The van der Waals surface area contributed by atoms with Gasteiger partial charge in [0.1, 0.15) is 5.69 Å². The second-order valence-corrected chi connectivity index (χ2v) is 7.77. The minimum absolute atomic E-state index is 0.256. The number of nitrogens with zero attached hydrogens (tertiary/aromatic N) is 4. The van der Waals surface area contributed by atoms with E-state index in [0.29, 0.717) is 5.82 Å². The number of hydrogen-bond donors (Lipinski definition) is 0. The summed E-state index contributed by atoms with van der Waals surface area (Å²) in [6, 6.07) is 11.7. The number of hydrogen-bond acceptors (Lipinski definition) is 4. The first kappa shape index (κ1) is 17.7. The van der Waals surface area contributed by atoms with Crippen LogP contribution in [0, 0.1) is 6.57 Å². The summed E-state index contributed by atoms with van der Waals surface area (Å²) in [5, 5.41) is 5.49. The van der Waals surface area contributed by atoms with E-state index in [0.717, 1.165) is 22.1 Å². The van der Waals surface area contributed by atoms with Crippen LogP contribution in [0.1, 0.15) is 33.4 Å². The first-order valence-electron chi connectivity index (χ1n) is 8.94. The average Bonchev–Trinajstić information content (AvgIpc) is 3.13. The van der Waals surface area contributed by atoms with Crippen LogP contribution in [0.25, 0.3) is 21.6 Å². The highest BCUT2D eigenvalue weighted by molar-refractivity contribution is 6.62. The van der Waals surface area contributed by atoms with Crippen LogP contribution in [0.3, 0.4) is 0 Å². The molecule has 1 fully saturated rings. The van der Waals surface area contributed by atoms with Crippen LogP contribution < -0.4 is 5.46 Å². The third kappa shape index (κ3) is 3.01. The Bertz CT molecular complexity index is 1040. The molecule has 3 heterocycles. The maximum atomic E-state index is 7.04. The fourth-order valence-electron chi connectivity index (χ4n) is 3.10. The van der Waals surface area contributed by atoms with Gasteiger partial charge in [0.05, 0.1) is 22.9 Å². The first-order chi connectivity index (χ1) is 12.8.